The minimum atomic E-state index is -0.517. The van der Waals surface area contributed by atoms with Gasteiger partial charge in [-0.3, -0.25) is 14.5 Å². The first-order valence-corrected chi connectivity index (χ1v) is 10.9. The summed E-state index contributed by atoms with van der Waals surface area (Å²) in [5, 5.41) is 5.00. The van der Waals surface area contributed by atoms with E-state index in [9.17, 15) is 14.0 Å². The van der Waals surface area contributed by atoms with Crippen LogP contribution in [-0.2, 0) is 27.3 Å². The summed E-state index contributed by atoms with van der Waals surface area (Å²) in [5.74, 6) is -0.889. The number of carbonyl (C=O) groups is 2. The molecule has 2 heterocycles. The van der Waals surface area contributed by atoms with Crippen LogP contribution in [-0.4, -0.2) is 36.5 Å². The number of hydrogen-bond acceptors (Lipinski definition) is 5. The van der Waals surface area contributed by atoms with E-state index in [4.69, 9.17) is 4.74 Å². The second-order valence-corrected chi connectivity index (χ2v) is 8.46. The summed E-state index contributed by atoms with van der Waals surface area (Å²) in [6, 6.07) is 17.0. The molecule has 0 bridgehead atoms. The number of nitrogens with one attached hydrogen (secondary N) is 1. The number of benzene rings is 2. The van der Waals surface area contributed by atoms with E-state index in [0.717, 1.165) is 21.6 Å². The summed E-state index contributed by atoms with van der Waals surface area (Å²) in [5.41, 5.74) is 2.99. The van der Waals surface area contributed by atoms with Crippen molar-refractivity contribution in [2.75, 3.05) is 13.7 Å². The van der Waals surface area contributed by atoms with Gasteiger partial charge in [0.05, 0.1) is 19.7 Å². The molecule has 1 aliphatic heterocycles. The molecule has 1 aliphatic rings. The Morgan fingerprint density at radius 1 is 1.13 bits per heavy atom. The quantitative estimate of drug-likeness (QED) is 0.597. The van der Waals surface area contributed by atoms with Crippen LogP contribution in [0.3, 0.4) is 0 Å². The summed E-state index contributed by atoms with van der Waals surface area (Å²) in [6.45, 7) is 0.542. The second-order valence-electron chi connectivity index (χ2n) is 7.48. The van der Waals surface area contributed by atoms with E-state index in [1.807, 2.05) is 46.7 Å². The fourth-order valence-corrected chi connectivity index (χ4v) is 4.73. The van der Waals surface area contributed by atoms with Gasteiger partial charge in [0.1, 0.15) is 11.9 Å². The van der Waals surface area contributed by atoms with Gasteiger partial charge in [0.25, 0.3) is 0 Å². The number of thiophene rings is 1. The van der Waals surface area contributed by atoms with Gasteiger partial charge in [0.15, 0.2) is 0 Å². The zero-order valence-corrected chi connectivity index (χ0v) is 17.9. The Morgan fingerprint density at radius 3 is 2.55 bits per heavy atom. The lowest BCUT2D eigenvalue weighted by atomic mass is 9.94. The monoisotopic (exact) mass is 438 g/mol. The maximum atomic E-state index is 13.4. The Bertz CT molecular complexity index is 1050. The highest BCUT2D eigenvalue weighted by Gasteiger charge is 2.33. The summed E-state index contributed by atoms with van der Waals surface area (Å²) in [4.78, 5) is 28.3. The molecule has 7 heteroatoms. The molecule has 0 saturated carbocycles. The number of fused-ring (bicyclic) bond motifs is 1. The number of hydrogen-bond donors (Lipinski definition) is 1. The van der Waals surface area contributed by atoms with Crippen molar-refractivity contribution in [3.63, 3.8) is 0 Å². The molecular formula is C24H23FN2O3S. The molecule has 4 rings (SSSR count). The first-order valence-electron chi connectivity index (χ1n) is 10.0. The fourth-order valence-electron chi connectivity index (χ4n) is 3.93. The highest BCUT2D eigenvalue weighted by Crippen LogP contribution is 2.27. The molecule has 31 heavy (non-hydrogen) atoms. The number of rotatable bonds is 6. The molecular weight excluding hydrogens is 415 g/mol. The molecule has 1 amide bonds. The highest BCUT2D eigenvalue weighted by molar-refractivity contribution is 7.10. The maximum Gasteiger partial charge on any atom is 0.323 e. The third-order valence-electron chi connectivity index (χ3n) is 5.50. The predicted molar refractivity (Wildman–Crippen MR) is 117 cm³/mol. The SMILES string of the molecule is COC(=O)C1Cc2ccccc2CN1CC(=O)NC(c1ccc(F)cc1)c1cccs1. The van der Waals surface area contributed by atoms with Crippen molar-refractivity contribution in [1.82, 2.24) is 10.2 Å². The fraction of sp³-hybridized carbons (Fsp3) is 0.250. The third-order valence-corrected chi connectivity index (χ3v) is 6.44. The van der Waals surface area contributed by atoms with Crippen LogP contribution in [0.4, 0.5) is 4.39 Å². The topological polar surface area (TPSA) is 58.6 Å². The number of nitrogens with zero attached hydrogens (tertiary/aromatic N) is 1. The molecule has 0 radical (unpaired) electrons. The van der Waals surface area contributed by atoms with E-state index in [0.29, 0.717) is 13.0 Å². The van der Waals surface area contributed by atoms with Crippen LogP contribution in [0.1, 0.15) is 27.6 Å². The van der Waals surface area contributed by atoms with Crippen molar-refractivity contribution in [1.29, 1.82) is 0 Å². The molecule has 2 unspecified atom stereocenters. The summed E-state index contributed by atoms with van der Waals surface area (Å²) < 4.78 is 18.4. The van der Waals surface area contributed by atoms with Gasteiger partial charge < -0.3 is 10.1 Å². The molecule has 1 N–H and O–H groups in total. The molecule has 5 nitrogen and oxygen atoms in total. The molecule has 0 saturated heterocycles. The molecule has 0 fully saturated rings. The Labute approximate surface area is 184 Å². The Kier molecular flexibility index (Phi) is 6.44. The van der Waals surface area contributed by atoms with Gasteiger partial charge in [-0.2, -0.15) is 0 Å². The average Bonchev–Trinajstić information content (AvgIpc) is 3.32. The molecule has 2 atom stereocenters. The molecule has 2 aromatic carbocycles. The lowest BCUT2D eigenvalue weighted by Gasteiger charge is -2.35. The second kappa shape index (κ2) is 9.41. The number of amides is 1. The number of halogens is 1. The Balaban J connectivity index is 1.53. The van der Waals surface area contributed by atoms with Crippen molar-refractivity contribution < 1.29 is 18.7 Å². The zero-order valence-electron chi connectivity index (χ0n) is 17.1. The van der Waals surface area contributed by atoms with E-state index in [1.165, 1.54) is 30.6 Å². The Hall–Kier alpha value is -3.03. The minimum absolute atomic E-state index is 0.0527. The maximum absolute atomic E-state index is 13.4. The van der Waals surface area contributed by atoms with Crippen LogP contribution in [0.2, 0.25) is 0 Å². The van der Waals surface area contributed by atoms with Crippen molar-refractivity contribution >= 4 is 23.2 Å². The van der Waals surface area contributed by atoms with Crippen LogP contribution in [0.5, 0.6) is 0 Å². The van der Waals surface area contributed by atoms with Crippen molar-refractivity contribution in [3.8, 4) is 0 Å². The average molecular weight is 439 g/mol. The number of esters is 1. The Morgan fingerprint density at radius 2 is 1.87 bits per heavy atom. The van der Waals surface area contributed by atoms with Gasteiger partial charge in [-0.15, -0.1) is 11.3 Å². The van der Waals surface area contributed by atoms with E-state index in [-0.39, 0.29) is 30.3 Å². The molecule has 3 aromatic rings. The summed E-state index contributed by atoms with van der Waals surface area (Å²) in [7, 11) is 1.36. The molecule has 0 spiro atoms. The third kappa shape index (κ3) is 4.84. The molecule has 160 valence electrons. The largest absolute Gasteiger partial charge is 0.468 e. The van der Waals surface area contributed by atoms with E-state index < -0.39 is 6.04 Å². The van der Waals surface area contributed by atoms with Gasteiger partial charge >= 0.3 is 5.97 Å². The number of methoxy groups -OCH3 is 1. The highest BCUT2D eigenvalue weighted by atomic mass is 32.1. The predicted octanol–water partition coefficient (Wildman–Crippen LogP) is 3.69. The van der Waals surface area contributed by atoms with Crippen molar-refractivity contribution in [3.05, 3.63) is 93.4 Å². The van der Waals surface area contributed by atoms with Gasteiger partial charge in [0.2, 0.25) is 5.91 Å². The first-order chi connectivity index (χ1) is 15.0. The summed E-state index contributed by atoms with van der Waals surface area (Å²) in [6.07, 6.45) is 0.502. The van der Waals surface area contributed by atoms with Crippen molar-refractivity contribution in [2.24, 2.45) is 0 Å². The lowest BCUT2D eigenvalue weighted by molar-refractivity contribution is -0.148. The van der Waals surface area contributed by atoms with Gasteiger partial charge in [-0.05, 0) is 46.7 Å². The van der Waals surface area contributed by atoms with Crippen LogP contribution in [0.25, 0.3) is 0 Å². The zero-order chi connectivity index (χ0) is 21.8. The molecule has 0 aliphatic carbocycles. The number of ether oxygens (including phenoxy) is 1. The number of carbonyl (C=O) groups excluding carboxylic acids is 2. The first kappa shape index (κ1) is 21.2. The van der Waals surface area contributed by atoms with E-state index in [1.54, 1.807) is 12.1 Å². The van der Waals surface area contributed by atoms with Crippen LogP contribution < -0.4 is 5.32 Å². The van der Waals surface area contributed by atoms with Gasteiger partial charge in [-0.25, -0.2) is 4.39 Å². The standard InChI is InChI=1S/C24H23FN2O3S/c1-30-24(29)20-13-17-5-2-3-6-18(17)14-27(20)15-22(28)26-23(21-7-4-12-31-21)16-8-10-19(25)11-9-16/h2-12,20,23H,13-15H2,1H3,(H,26,28). The molecule has 1 aromatic heterocycles. The van der Waals surface area contributed by atoms with Crippen molar-refractivity contribution in [2.45, 2.75) is 25.0 Å². The van der Waals surface area contributed by atoms with Gasteiger partial charge in [0, 0.05) is 11.4 Å². The van der Waals surface area contributed by atoms with Gasteiger partial charge in [-0.1, -0.05) is 42.5 Å². The van der Waals surface area contributed by atoms with E-state index >= 15 is 0 Å². The lowest BCUT2D eigenvalue weighted by Crippen LogP contribution is -2.50. The normalized spacial score (nSPS) is 16.9. The summed E-state index contributed by atoms with van der Waals surface area (Å²) >= 11 is 1.52. The minimum Gasteiger partial charge on any atom is -0.468 e. The van der Waals surface area contributed by atoms with Crippen LogP contribution in [0.15, 0.2) is 66.0 Å². The van der Waals surface area contributed by atoms with E-state index in [2.05, 4.69) is 5.32 Å². The van der Waals surface area contributed by atoms with Crippen LogP contribution in [0, 0.1) is 5.82 Å². The van der Waals surface area contributed by atoms with Crippen LogP contribution >= 0.6 is 11.3 Å². The smallest absolute Gasteiger partial charge is 0.323 e.